The van der Waals surface area contributed by atoms with Crippen LogP contribution in [0, 0.1) is 0 Å². The number of rotatable bonds is 2. The number of esters is 1. The van der Waals surface area contributed by atoms with E-state index in [1.165, 1.54) is 7.11 Å². The van der Waals surface area contributed by atoms with Crippen molar-refractivity contribution in [2.75, 3.05) is 14.2 Å². The van der Waals surface area contributed by atoms with Crippen LogP contribution in [0.4, 0.5) is 0 Å². The highest BCUT2D eigenvalue weighted by molar-refractivity contribution is 9.11. The van der Waals surface area contributed by atoms with Crippen molar-refractivity contribution in [3.63, 3.8) is 0 Å². The van der Waals surface area contributed by atoms with Gasteiger partial charge in [0.1, 0.15) is 0 Å². The van der Waals surface area contributed by atoms with E-state index in [9.17, 15) is 9.59 Å². The summed E-state index contributed by atoms with van der Waals surface area (Å²) in [6.45, 7) is 0.718. The topological polar surface area (TPSA) is 46.6 Å². The Bertz CT molecular complexity index is 808. The van der Waals surface area contributed by atoms with Crippen molar-refractivity contribution in [3.8, 4) is 0 Å². The monoisotopic (exact) mass is 531 g/mol. The van der Waals surface area contributed by atoms with E-state index in [4.69, 9.17) is 0 Å². The molecular formula is C18H16Br3NO3. The van der Waals surface area contributed by atoms with Crippen molar-refractivity contribution < 1.29 is 14.3 Å². The minimum atomic E-state index is -0.309. The smallest absolute Gasteiger partial charge is 0.338 e. The molecule has 1 heterocycles. The Labute approximate surface area is 171 Å². The lowest BCUT2D eigenvalue weighted by Gasteiger charge is -2.06. The molecule has 4 nitrogen and oxygen atoms in total. The fraction of sp³-hybridized carbons (Fsp3) is 0.222. The van der Waals surface area contributed by atoms with Crippen LogP contribution in [0.2, 0.25) is 0 Å². The van der Waals surface area contributed by atoms with Crippen LogP contribution in [0.5, 0.6) is 0 Å². The van der Waals surface area contributed by atoms with Gasteiger partial charge in [-0.15, -0.1) is 0 Å². The fourth-order valence-electron chi connectivity index (χ4n) is 2.43. The summed E-state index contributed by atoms with van der Waals surface area (Å²) in [5, 5.41) is 0.624. The summed E-state index contributed by atoms with van der Waals surface area (Å²) in [5.41, 5.74) is 3.43. The third-order valence-electron chi connectivity index (χ3n) is 3.75. The van der Waals surface area contributed by atoms with E-state index in [0.29, 0.717) is 10.9 Å². The summed E-state index contributed by atoms with van der Waals surface area (Å²) in [6, 6.07) is 11.2. The van der Waals surface area contributed by atoms with Gasteiger partial charge in [-0.3, -0.25) is 4.79 Å². The second-order valence-corrected chi connectivity index (χ2v) is 7.59. The van der Waals surface area contributed by atoms with Crippen molar-refractivity contribution in [1.82, 2.24) is 4.90 Å². The maximum absolute atomic E-state index is 11.5. The molecule has 0 saturated carbocycles. The van der Waals surface area contributed by atoms with Gasteiger partial charge in [0.15, 0.2) is 0 Å². The van der Waals surface area contributed by atoms with Crippen LogP contribution in [-0.2, 0) is 16.6 Å². The van der Waals surface area contributed by atoms with Gasteiger partial charge in [-0.2, -0.15) is 0 Å². The first-order valence-corrected chi connectivity index (χ1v) is 10.1. The number of nitrogens with zero attached hydrogens (tertiary/aromatic N) is 1. The lowest BCUT2D eigenvalue weighted by Crippen LogP contribution is -2.17. The second-order valence-electron chi connectivity index (χ2n) is 5.32. The molecule has 0 atom stereocenters. The molecule has 25 heavy (non-hydrogen) atoms. The number of alkyl halides is 1. The molecule has 0 radical (unpaired) electrons. The van der Waals surface area contributed by atoms with Gasteiger partial charge in [-0.1, -0.05) is 59.9 Å². The minimum absolute atomic E-state index is 0.117. The Kier molecular flexibility index (Phi) is 7.22. The first-order valence-electron chi connectivity index (χ1n) is 7.35. The molecular weight excluding hydrogens is 518 g/mol. The molecule has 0 unspecified atom stereocenters. The van der Waals surface area contributed by atoms with Crippen molar-refractivity contribution in [3.05, 3.63) is 67.6 Å². The first-order chi connectivity index (χ1) is 11.9. The van der Waals surface area contributed by atoms with Crippen molar-refractivity contribution >= 4 is 59.7 Å². The Balaban J connectivity index is 0.000000181. The molecule has 0 spiro atoms. The zero-order valence-electron chi connectivity index (χ0n) is 13.7. The number of halogens is 3. The predicted molar refractivity (Wildman–Crippen MR) is 108 cm³/mol. The molecule has 1 amide bonds. The fourth-order valence-corrected chi connectivity index (χ4v) is 4.41. The average molecular weight is 534 g/mol. The molecule has 132 valence electrons. The summed E-state index contributed by atoms with van der Waals surface area (Å²) < 4.78 is 6.59. The Hall–Kier alpha value is -1.18. The van der Waals surface area contributed by atoms with E-state index >= 15 is 0 Å². The summed E-state index contributed by atoms with van der Waals surface area (Å²) in [5.74, 6) is -0.193. The normalized spacial score (nSPS) is 12.4. The number of hydrogen-bond donors (Lipinski definition) is 0. The molecule has 2 aromatic carbocycles. The van der Waals surface area contributed by atoms with Crippen LogP contribution in [0.1, 0.15) is 31.8 Å². The molecule has 0 aromatic heterocycles. The lowest BCUT2D eigenvalue weighted by atomic mass is 10.1. The number of amides is 1. The molecule has 1 aliphatic heterocycles. The third kappa shape index (κ3) is 4.51. The molecule has 0 aliphatic carbocycles. The van der Waals surface area contributed by atoms with E-state index in [2.05, 4.69) is 52.5 Å². The first kappa shape index (κ1) is 20.1. The van der Waals surface area contributed by atoms with Gasteiger partial charge in [0, 0.05) is 33.4 Å². The Morgan fingerprint density at radius 1 is 1.16 bits per heavy atom. The van der Waals surface area contributed by atoms with Gasteiger partial charge in [0.25, 0.3) is 5.91 Å². The van der Waals surface area contributed by atoms with Gasteiger partial charge < -0.3 is 9.64 Å². The summed E-state index contributed by atoms with van der Waals surface area (Å²) >= 11 is 10.1. The van der Waals surface area contributed by atoms with Crippen LogP contribution in [0.25, 0.3) is 0 Å². The molecule has 7 heteroatoms. The average Bonchev–Trinajstić information content (AvgIpc) is 2.91. The lowest BCUT2D eigenvalue weighted by molar-refractivity contribution is 0.0599. The number of benzene rings is 2. The van der Waals surface area contributed by atoms with Gasteiger partial charge in [0.05, 0.1) is 12.7 Å². The zero-order valence-corrected chi connectivity index (χ0v) is 18.4. The molecule has 2 aromatic rings. The maximum atomic E-state index is 11.5. The minimum Gasteiger partial charge on any atom is -0.465 e. The Morgan fingerprint density at radius 2 is 1.80 bits per heavy atom. The van der Waals surface area contributed by atoms with E-state index in [0.717, 1.165) is 32.2 Å². The Morgan fingerprint density at radius 3 is 2.40 bits per heavy atom. The van der Waals surface area contributed by atoms with Gasteiger partial charge in [-0.25, -0.2) is 4.79 Å². The van der Waals surface area contributed by atoms with Crippen molar-refractivity contribution in [2.45, 2.75) is 11.9 Å². The molecule has 1 aliphatic rings. The van der Waals surface area contributed by atoms with Crippen molar-refractivity contribution in [1.29, 1.82) is 0 Å². The third-order valence-corrected chi connectivity index (χ3v) is 5.80. The van der Waals surface area contributed by atoms with E-state index in [1.807, 2.05) is 37.4 Å². The van der Waals surface area contributed by atoms with Crippen LogP contribution in [0.3, 0.4) is 0 Å². The highest BCUT2D eigenvalue weighted by Crippen LogP contribution is 2.28. The van der Waals surface area contributed by atoms with Gasteiger partial charge >= 0.3 is 5.97 Å². The highest BCUT2D eigenvalue weighted by Gasteiger charge is 2.25. The van der Waals surface area contributed by atoms with Crippen LogP contribution < -0.4 is 0 Å². The van der Waals surface area contributed by atoms with Crippen molar-refractivity contribution in [2.24, 2.45) is 0 Å². The SMILES string of the molecule is CN1Cc2c(Br)cccc2C1=O.COC(=O)c1cccc(Br)c1CBr. The highest BCUT2D eigenvalue weighted by atomic mass is 79.9. The quantitative estimate of drug-likeness (QED) is 0.395. The van der Waals surface area contributed by atoms with Crippen LogP contribution in [-0.4, -0.2) is 30.9 Å². The number of carbonyl (C=O) groups excluding carboxylic acids is 2. The zero-order chi connectivity index (χ0) is 18.6. The molecule has 3 rings (SSSR count). The standard InChI is InChI=1S/C9H8Br2O2.C9H8BrNO/c1-13-9(12)6-3-2-4-8(11)7(6)5-10;1-11-5-7-6(9(11)12)3-2-4-8(7)10/h2-4H,5H2,1H3;2-4H,5H2,1H3. The number of fused-ring (bicyclic) bond motifs is 1. The molecule has 0 fully saturated rings. The van der Waals surface area contributed by atoms with Gasteiger partial charge in [-0.05, 0) is 35.4 Å². The number of ether oxygens (including phenoxy) is 1. The van der Waals surface area contributed by atoms with E-state index in [-0.39, 0.29) is 11.9 Å². The van der Waals surface area contributed by atoms with Gasteiger partial charge in [0.2, 0.25) is 0 Å². The largest absolute Gasteiger partial charge is 0.465 e. The second kappa shape index (κ2) is 8.96. The molecule has 0 saturated heterocycles. The number of hydrogen-bond acceptors (Lipinski definition) is 3. The van der Waals surface area contributed by atoms with Crippen LogP contribution in [0.15, 0.2) is 45.3 Å². The summed E-state index contributed by atoms with van der Waals surface area (Å²) in [6.07, 6.45) is 0. The maximum Gasteiger partial charge on any atom is 0.338 e. The molecule has 0 N–H and O–H groups in total. The predicted octanol–water partition coefficient (Wildman–Crippen LogP) is 5.17. The molecule has 0 bridgehead atoms. The summed E-state index contributed by atoms with van der Waals surface area (Å²) in [7, 11) is 3.19. The summed E-state index contributed by atoms with van der Waals surface area (Å²) in [4.78, 5) is 24.5. The number of carbonyl (C=O) groups is 2. The van der Waals surface area contributed by atoms with E-state index in [1.54, 1.807) is 11.0 Å². The van der Waals surface area contributed by atoms with E-state index < -0.39 is 0 Å². The van der Waals surface area contributed by atoms with Crippen LogP contribution >= 0.6 is 47.8 Å². The number of methoxy groups -OCH3 is 1.